The maximum atomic E-state index is 12.7. The summed E-state index contributed by atoms with van der Waals surface area (Å²) in [6.07, 6.45) is 0.458. The average molecular weight is 345 g/mol. The summed E-state index contributed by atoms with van der Waals surface area (Å²) in [5, 5.41) is 8.86. The lowest BCUT2D eigenvalue weighted by Gasteiger charge is -2.18. The molecular weight excluding hydrogens is 326 g/mol. The van der Waals surface area contributed by atoms with Crippen molar-refractivity contribution in [1.29, 1.82) is 0 Å². The van der Waals surface area contributed by atoms with Crippen molar-refractivity contribution < 1.29 is 18.3 Å². The standard InChI is InChI=1S/C18H19NO4S/c1-12-16-8-3-2-6-14(16)11-17(12)19-24(22,23)15-7-4-5-13(9-15)10-18(20)21/h2-9,12,17,19H,10-11H2,1H3,(H,20,21)/t12-,17+/m0/s1. The van der Waals surface area contributed by atoms with E-state index in [0.717, 1.165) is 5.56 Å². The Bertz CT molecular complexity index is 876. The number of hydrogen-bond acceptors (Lipinski definition) is 3. The quantitative estimate of drug-likeness (QED) is 0.871. The number of sulfonamides is 1. The number of benzene rings is 2. The first kappa shape index (κ1) is 16.7. The van der Waals surface area contributed by atoms with Gasteiger partial charge in [0.05, 0.1) is 11.3 Å². The molecule has 0 radical (unpaired) electrons. The molecular formula is C18H19NO4S. The van der Waals surface area contributed by atoms with Gasteiger partial charge in [0.2, 0.25) is 10.0 Å². The molecule has 126 valence electrons. The Hall–Kier alpha value is -2.18. The van der Waals surface area contributed by atoms with Crippen molar-refractivity contribution in [2.24, 2.45) is 0 Å². The molecule has 3 rings (SSSR count). The first-order chi connectivity index (χ1) is 11.4. The summed E-state index contributed by atoms with van der Waals surface area (Å²) in [4.78, 5) is 10.9. The molecule has 24 heavy (non-hydrogen) atoms. The van der Waals surface area contributed by atoms with Crippen LogP contribution in [-0.2, 0) is 27.7 Å². The highest BCUT2D eigenvalue weighted by Crippen LogP contribution is 2.33. The molecule has 1 aliphatic rings. The van der Waals surface area contributed by atoms with Crippen LogP contribution in [0.5, 0.6) is 0 Å². The van der Waals surface area contributed by atoms with E-state index in [0.29, 0.717) is 12.0 Å². The molecule has 2 aromatic carbocycles. The van der Waals surface area contributed by atoms with Gasteiger partial charge in [-0.1, -0.05) is 43.3 Å². The van der Waals surface area contributed by atoms with Gasteiger partial charge in [-0.2, -0.15) is 0 Å². The van der Waals surface area contributed by atoms with Crippen molar-refractivity contribution in [3.05, 3.63) is 65.2 Å². The van der Waals surface area contributed by atoms with E-state index in [9.17, 15) is 13.2 Å². The zero-order chi connectivity index (χ0) is 17.3. The van der Waals surface area contributed by atoms with Crippen molar-refractivity contribution in [3.8, 4) is 0 Å². The van der Waals surface area contributed by atoms with Crippen LogP contribution >= 0.6 is 0 Å². The number of nitrogens with one attached hydrogen (secondary N) is 1. The van der Waals surface area contributed by atoms with Crippen molar-refractivity contribution >= 4 is 16.0 Å². The van der Waals surface area contributed by atoms with Crippen LogP contribution in [0.3, 0.4) is 0 Å². The number of carboxylic acid groups (broad SMARTS) is 1. The van der Waals surface area contributed by atoms with Gasteiger partial charge in [-0.25, -0.2) is 13.1 Å². The van der Waals surface area contributed by atoms with Gasteiger partial charge in [0, 0.05) is 6.04 Å². The van der Waals surface area contributed by atoms with Crippen LogP contribution in [0.2, 0.25) is 0 Å². The zero-order valence-electron chi connectivity index (χ0n) is 13.3. The van der Waals surface area contributed by atoms with Gasteiger partial charge in [0.1, 0.15) is 0 Å². The van der Waals surface area contributed by atoms with Crippen LogP contribution in [0.1, 0.15) is 29.5 Å². The number of carboxylic acids is 1. The van der Waals surface area contributed by atoms with Crippen molar-refractivity contribution in [2.45, 2.75) is 36.6 Å². The van der Waals surface area contributed by atoms with Gasteiger partial charge in [-0.05, 0) is 41.2 Å². The van der Waals surface area contributed by atoms with Crippen LogP contribution in [-0.4, -0.2) is 25.5 Å². The third kappa shape index (κ3) is 3.34. The topological polar surface area (TPSA) is 83.5 Å². The Labute approximate surface area is 141 Å². The van der Waals surface area contributed by atoms with E-state index >= 15 is 0 Å². The van der Waals surface area contributed by atoms with Crippen molar-refractivity contribution in [1.82, 2.24) is 4.72 Å². The van der Waals surface area contributed by atoms with Crippen molar-refractivity contribution in [3.63, 3.8) is 0 Å². The minimum Gasteiger partial charge on any atom is -0.481 e. The Balaban J connectivity index is 1.81. The van der Waals surface area contributed by atoms with Gasteiger partial charge in [-0.15, -0.1) is 0 Å². The van der Waals surface area contributed by atoms with Crippen LogP contribution in [0.15, 0.2) is 53.4 Å². The van der Waals surface area contributed by atoms with E-state index in [4.69, 9.17) is 5.11 Å². The van der Waals surface area contributed by atoms with Gasteiger partial charge >= 0.3 is 5.97 Å². The average Bonchev–Trinajstić information content (AvgIpc) is 2.83. The highest BCUT2D eigenvalue weighted by atomic mass is 32.2. The molecule has 0 saturated carbocycles. The Kier molecular flexibility index (Phi) is 4.43. The lowest BCUT2D eigenvalue weighted by atomic mass is 10.0. The van der Waals surface area contributed by atoms with E-state index in [1.807, 2.05) is 31.2 Å². The highest BCUT2D eigenvalue weighted by molar-refractivity contribution is 7.89. The molecule has 6 heteroatoms. The number of fused-ring (bicyclic) bond motifs is 1. The Morgan fingerprint density at radius 2 is 1.96 bits per heavy atom. The maximum absolute atomic E-state index is 12.7. The summed E-state index contributed by atoms with van der Waals surface area (Å²) in [6.45, 7) is 2.01. The summed E-state index contributed by atoms with van der Waals surface area (Å²) in [7, 11) is -3.70. The molecule has 0 aromatic heterocycles. The largest absolute Gasteiger partial charge is 0.481 e. The van der Waals surface area contributed by atoms with Crippen LogP contribution in [0, 0.1) is 0 Å². The molecule has 0 spiro atoms. The second kappa shape index (κ2) is 6.37. The second-order valence-corrected chi connectivity index (χ2v) is 7.85. The monoisotopic (exact) mass is 345 g/mol. The SMILES string of the molecule is C[C@H]1c2ccccc2C[C@H]1NS(=O)(=O)c1cccc(CC(=O)O)c1. The van der Waals surface area contributed by atoms with Gasteiger partial charge in [-0.3, -0.25) is 4.79 Å². The maximum Gasteiger partial charge on any atom is 0.307 e. The summed E-state index contributed by atoms with van der Waals surface area (Å²) < 4.78 is 28.1. The number of rotatable bonds is 5. The summed E-state index contributed by atoms with van der Waals surface area (Å²) in [5.41, 5.74) is 2.80. The van der Waals surface area contributed by atoms with E-state index < -0.39 is 16.0 Å². The predicted molar refractivity (Wildman–Crippen MR) is 90.5 cm³/mol. The van der Waals surface area contributed by atoms with Gasteiger partial charge in [0.15, 0.2) is 0 Å². The lowest BCUT2D eigenvalue weighted by molar-refractivity contribution is -0.136. The zero-order valence-corrected chi connectivity index (χ0v) is 14.1. The molecule has 0 heterocycles. The van der Waals surface area contributed by atoms with E-state index in [-0.39, 0.29) is 23.3 Å². The fourth-order valence-corrected chi connectivity index (χ4v) is 4.59. The predicted octanol–water partition coefficient (Wildman–Crippen LogP) is 2.32. The highest BCUT2D eigenvalue weighted by Gasteiger charge is 2.32. The first-order valence-corrected chi connectivity index (χ1v) is 9.26. The molecule has 0 amide bonds. The molecule has 0 fully saturated rings. The minimum absolute atomic E-state index is 0.0955. The minimum atomic E-state index is -3.70. The Morgan fingerprint density at radius 1 is 1.21 bits per heavy atom. The number of aliphatic carboxylic acids is 1. The molecule has 0 aliphatic heterocycles. The lowest BCUT2D eigenvalue weighted by Crippen LogP contribution is -2.37. The summed E-state index contributed by atoms with van der Waals surface area (Å²) in [6, 6.07) is 13.9. The molecule has 2 atom stereocenters. The van der Waals surface area contributed by atoms with E-state index in [2.05, 4.69) is 4.72 Å². The van der Waals surface area contributed by atoms with Crippen molar-refractivity contribution in [2.75, 3.05) is 0 Å². The number of carbonyl (C=O) groups is 1. The third-order valence-electron chi connectivity index (χ3n) is 4.46. The molecule has 1 aliphatic carbocycles. The number of hydrogen-bond donors (Lipinski definition) is 2. The second-order valence-electron chi connectivity index (χ2n) is 6.14. The van der Waals surface area contributed by atoms with Crippen LogP contribution in [0.25, 0.3) is 0 Å². The molecule has 2 N–H and O–H groups in total. The summed E-state index contributed by atoms with van der Waals surface area (Å²) in [5.74, 6) is -0.893. The molecule has 2 aromatic rings. The smallest absolute Gasteiger partial charge is 0.307 e. The van der Waals surface area contributed by atoms with Gasteiger partial charge < -0.3 is 5.11 Å². The molecule has 0 saturated heterocycles. The van der Waals surface area contributed by atoms with E-state index in [1.54, 1.807) is 12.1 Å². The van der Waals surface area contributed by atoms with Gasteiger partial charge in [0.25, 0.3) is 0 Å². The molecule has 5 nitrogen and oxygen atoms in total. The van der Waals surface area contributed by atoms with Crippen LogP contribution < -0.4 is 4.72 Å². The first-order valence-electron chi connectivity index (χ1n) is 7.77. The van der Waals surface area contributed by atoms with E-state index in [1.165, 1.54) is 17.7 Å². The Morgan fingerprint density at radius 3 is 2.67 bits per heavy atom. The molecule has 0 bridgehead atoms. The normalized spacial score (nSPS) is 19.9. The van der Waals surface area contributed by atoms with Crippen LogP contribution in [0.4, 0.5) is 0 Å². The summed E-state index contributed by atoms with van der Waals surface area (Å²) >= 11 is 0. The fraction of sp³-hybridized carbons (Fsp3) is 0.278. The molecule has 0 unspecified atom stereocenters. The fourth-order valence-electron chi connectivity index (χ4n) is 3.20. The third-order valence-corrected chi connectivity index (χ3v) is 5.95.